The zero-order valence-electron chi connectivity index (χ0n) is 4.02. The van der Waals surface area contributed by atoms with E-state index in [9.17, 15) is 0 Å². The van der Waals surface area contributed by atoms with Crippen LogP contribution >= 0.6 is 22.6 Å². The van der Waals surface area contributed by atoms with Crippen LogP contribution < -0.4 is 5.32 Å². The Balaban J connectivity index is 2.32. The van der Waals surface area contributed by atoms with Crippen LogP contribution in [0.15, 0.2) is 12.2 Å². The second kappa shape index (κ2) is 2.67. The molecule has 7 heavy (non-hydrogen) atoms. The first-order valence-electron chi connectivity index (χ1n) is 2.42. The highest BCUT2D eigenvalue weighted by Gasteiger charge is 2.00. The molecule has 0 bridgehead atoms. The Labute approximate surface area is 57.3 Å². The second-order valence-corrected chi connectivity index (χ2v) is 3.09. The van der Waals surface area contributed by atoms with Crippen LogP contribution in [0, 0.1) is 0 Å². The minimum Gasteiger partial charge on any atom is -0.302 e. The Bertz CT molecular complexity index is 80.1. The zero-order valence-corrected chi connectivity index (χ0v) is 6.18. The molecule has 0 amide bonds. The van der Waals surface area contributed by atoms with Gasteiger partial charge in [-0.15, -0.1) is 0 Å². The molecule has 0 spiro atoms. The van der Waals surface area contributed by atoms with E-state index >= 15 is 0 Å². The van der Waals surface area contributed by atoms with Gasteiger partial charge in [-0.25, -0.2) is 0 Å². The van der Waals surface area contributed by atoms with E-state index in [-0.39, 0.29) is 0 Å². The molecule has 1 unspecified atom stereocenters. The molecule has 1 rings (SSSR count). The third kappa shape index (κ3) is 1.78. The Morgan fingerprint density at radius 2 is 2.43 bits per heavy atom. The normalized spacial score (nSPS) is 30.7. The maximum absolute atomic E-state index is 3.28. The maximum Gasteiger partial charge on any atom is 0.0630 e. The fraction of sp³-hybridized carbons (Fsp3) is 0.600. The lowest BCUT2D eigenvalue weighted by Gasteiger charge is -2.11. The van der Waals surface area contributed by atoms with Gasteiger partial charge >= 0.3 is 0 Å². The number of rotatable bonds is 0. The lowest BCUT2D eigenvalue weighted by Crippen LogP contribution is -2.25. The van der Waals surface area contributed by atoms with Gasteiger partial charge in [0, 0.05) is 6.54 Å². The number of nitrogens with one attached hydrogen (secondary N) is 1. The molecule has 40 valence electrons. The van der Waals surface area contributed by atoms with Crippen molar-refractivity contribution in [1.29, 1.82) is 0 Å². The summed E-state index contributed by atoms with van der Waals surface area (Å²) in [6.45, 7) is 1.05. The summed E-state index contributed by atoms with van der Waals surface area (Å²) in [4.78, 5) is 0. The van der Waals surface area contributed by atoms with Gasteiger partial charge in [0.2, 0.25) is 0 Å². The first-order chi connectivity index (χ1) is 3.39. The molecule has 0 aliphatic carbocycles. The van der Waals surface area contributed by atoms with Gasteiger partial charge in [0.15, 0.2) is 0 Å². The minimum absolute atomic E-state index is 0.669. The van der Waals surface area contributed by atoms with E-state index in [1.54, 1.807) is 0 Å². The van der Waals surface area contributed by atoms with Gasteiger partial charge in [-0.05, 0) is 6.42 Å². The highest BCUT2D eigenvalue weighted by Crippen LogP contribution is 2.05. The lowest BCUT2D eigenvalue weighted by atomic mass is 10.3. The molecule has 0 fully saturated rings. The number of alkyl halides is 1. The van der Waals surface area contributed by atoms with Crippen LogP contribution in [0.25, 0.3) is 0 Å². The Kier molecular flexibility index (Phi) is 2.12. The molecule has 0 aromatic rings. The first-order valence-corrected chi connectivity index (χ1v) is 3.66. The van der Waals surface area contributed by atoms with Crippen molar-refractivity contribution in [2.45, 2.75) is 10.5 Å². The molecule has 0 saturated heterocycles. The molecule has 0 aromatic carbocycles. The molecule has 0 saturated carbocycles. The predicted molar refractivity (Wildman–Crippen MR) is 39.6 cm³/mol. The largest absolute Gasteiger partial charge is 0.302 e. The Morgan fingerprint density at radius 3 is 2.71 bits per heavy atom. The van der Waals surface area contributed by atoms with Crippen LogP contribution in [0.2, 0.25) is 0 Å². The highest BCUT2D eigenvalue weighted by molar-refractivity contribution is 14.1. The molecule has 1 aliphatic rings. The van der Waals surface area contributed by atoms with E-state index in [2.05, 4.69) is 40.1 Å². The van der Waals surface area contributed by atoms with Gasteiger partial charge in [-0.1, -0.05) is 34.7 Å². The van der Waals surface area contributed by atoms with Crippen LogP contribution in [0.1, 0.15) is 6.42 Å². The summed E-state index contributed by atoms with van der Waals surface area (Å²) in [5.74, 6) is 0. The minimum atomic E-state index is 0.669. The van der Waals surface area contributed by atoms with Gasteiger partial charge in [-0.3, -0.25) is 0 Å². The molecule has 1 nitrogen and oxygen atoms in total. The lowest BCUT2D eigenvalue weighted by molar-refractivity contribution is 0.704. The van der Waals surface area contributed by atoms with E-state index in [1.165, 1.54) is 6.42 Å². The third-order valence-corrected chi connectivity index (χ3v) is 1.92. The molecule has 1 aliphatic heterocycles. The number of hydrogen-bond acceptors (Lipinski definition) is 1. The summed E-state index contributed by atoms with van der Waals surface area (Å²) < 4.78 is 0.669. The van der Waals surface area contributed by atoms with Crippen LogP contribution in [-0.2, 0) is 0 Å². The Hall–Kier alpha value is 0.430. The molecule has 1 N–H and O–H groups in total. The highest BCUT2D eigenvalue weighted by atomic mass is 127. The summed E-state index contributed by atoms with van der Waals surface area (Å²) in [6, 6.07) is 0. The van der Waals surface area contributed by atoms with Crippen molar-refractivity contribution in [3.8, 4) is 0 Å². The average Bonchev–Trinajstić information content (AvgIpc) is 1.69. The van der Waals surface area contributed by atoms with Gasteiger partial charge in [0.25, 0.3) is 0 Å². The summed E-state index contributed by atoms with van der Waals surface area (Å²) >= 11 is 2.39. The maximum atomic E-state index is 3.28. The van der Waals surface area contributed by atoms with E-state index in [1.807, 2.05) is 0 Å². The van der Waals surface area contributed by atoms with Crippen molar-refractivity contribution in [2.75, 3.05) is 6.54 Å². The SMILES string of the molecule is IC1CC=CCN1. The summed E-state index contributed by atoms with van der Waals surface area (Å²) in [5, 5.41) is 3.28. The summed E-state index contributed by atoms with van der Waals surface area (Å²) in [6.07, 6.45) is 5.56. The number of halogens is 1. The quantitative estimate of drug-likeness (QED) is 0.274. The fourth-order valence-electron chi connectivity index (χ4n) is 0.578. The van der Waals surface area contributed by atoms with Crippen LogP contribution in [0.5, 0.6) is 0 Å². The smallest absolute Gasteiger partial charge is 0.0630 e. The van der Waals surface area contributed by atoms with Crippen molar-refractivity contribution in [1.82, 2.24) is 5.32 Å². The van der Waals surface area contributed by atoms with E-state index in [4.69, 9.17) is 0 Å². The van der Waals surface area contributed by atoms with Crippen LogP contribution in [-0.4, -0.2) is 10.6 Å². The van der Waals surface area contributed by atoms with E-state index < -0.39 is 0 Å². The van der Waals surface area contributed by atoms with Crippen molar-refractivity contribution in [3.05, 3.63) is 12.2 Å². The van der Waals surface area contributed by atoms with Gasteiger partial charge in [-0.2, -0.15) is 0 Å². The molecular weight excluding hydrogens is 201 g/mol. The van der Waals surface area contributed by atoms with Gasteiger partial charge in [0.1, 0.15) is 0 Å². The fourth-order valence-corrected chi connectivity index (χ4v) is 1.13. The molecule has 0 radical (unpaired) electrons. The molecule has 1 atom stereocenters. The van der Waals surface area contributed by atoms with Crippen molar-refractivity contribution < 1.29 is 0 Å². The molecule has 1 heterocycles. The van der Waals surface area contributed by atoms with E-state index in [0.717, 1.165) is 6.54 Å². The first kappa shape index (κ1) is 5.56. The van der Waals surface area contributed by atoms with Crippen LogP contribution in [0.4, 0.5) is 0 Å². The van der Waals surface area contributed by atoms with Crippen molar-refractivity contribution in [3.63, 3.8) is 0 Å². The van der Waals surface area contributed by atoms with Crippen LogP contribution in [0.3, 0.4) is 0 Å². The average molecular weight is 209 g/mol. The van der Waals surface area contributed by atoms with Gasteiger partial charge < -0.3 is 5.32 Å². The van der Waals surface area contributed by atoms with Crippen molar-refractivity contribution >= 4 is 22.6 Å². The topological polar surface area (TPSA) is 12.0 Å². The molecule has 0 aromatic heterocycles. The Morgan fingerprint density at radius 1 is 1.57 bits per heavy atom. The van der Waals surface area contributed by atoms with E-state index in [0.29, 0.717) is 4.05 Å². The standard InChI is InChI=1S/C5H8IN/c6-5-3-1-2-4-7-5/h1-2,5,7H,3-4H2. The third-order valence-electron chi connectivity index (χ3n) is 0.967. The predicted octanol–water partition coefficient (Wildman–Crippen LogP) is 1.30. The second-order valence-electron chi connectivity index (χ2n) is 1.58. The number of hydrogen-bond donors (Lipinski definition) is 1. The molecule has 2 heteroatoms. The molecular formula is C5H8IN. The van der Waals surface area contributed by atoms with Crippen molar-refractivity contribution in [2.24, 2.45) is 0 Å². The summed E-state index contributed by atoms with van der Waals surface area (Å²) in [7, 11) is 0. The zero-order chi connectivity index (χ0) is 5.11. The monoisotopic (exact) mass is 209 g/mol. The summed E-state index contributed by atoms with van der Waals surface area (Å²) in [5.41, 5.74) is 0. The van der Waals surface area contributed by atoms with Gasteiger partial charge in [0.05, 0.1) is 4.05 Å².